The monoisotopic (exact) mass is 472 g/mol. The quantitative estimate of drug-likeness (QED) is 0.178. The van der Waals surface area contributed by atoms with Crippen LogP contribution >= 0.6 is 0 Å². The van der Waals surface area contributed by atoms with Crippen molar-refractivity contribution in [3.05, 3.63) is 59.7 Å². The number of hydrogen-bond acceptors (Lipinski definition) is 4. The molecule has 2 amide bonds. The van der Waals surface area contributed by atoms with Gasteiger partial charge in [0.2, 0.25) is 11.8 Å². The molecule has 0 aliphatic rings. The Kier molecular flexibility index (Phi) is 13.2. The Morgan fingerprint density at radius 2 is 1.00 bits per heavy atom. The number of carbonyl (C=O) groups excluding carboxylic acids is 2. The molecule has 0 bridgehead atoms. The number of nitrogens with two attached hydrogens (primary N) is 2. The van der Waals surface area contributed by atoms with Crippen LogP contribution in [0, 0.1) is 0 Å². The summed E-state index contributed by atoms with van der Waals surface area (Å²) in [5, 5.41) is 29.8. The summed E-state index contributed by atoms with van der Waals surface area (Å²) in [4.78, 5) is 23.8. The zero-order valence-corrected chi connectivity index (χ0v) is 20.0. The largest absolute Gasteiger partial charge is 0.508 e. The van der Waals surface area contributed by atoms with E-state index in [9.17, 15) is 19.8 Å². The van der Waals surface area contributed by atoms with Gasteiger partial charge in [0.1, 0.15) is 11.5 Å². The molecule has 0 saturated carbocycles. The van der Waals surface area contributed by atoms with Crippen molar-refractivity contribution in [2.24, 2.45) is 0 Å². The number of unbranched alkanes of at least 4 members (excludes halogenated alkanes) is 1. The third kappa shape index (κ3) is 11.7. The Morgan fingerprint density at radius 1 is 0.618 bits per heavy atom. The molecule has 0 fully saturated rings. The van der Waals surface area contributed by atoms with Gasteiger partial charge in [-0.15, -0.1) is 0 Å². The average Bonchev–Trinajstić information content (AvgIpc) is 2.82. The molecule has 0 radical (unpaired) electrons. The van der Waals surface area contributed by atoms with Gasteiger partial charge >= 0.3 is 0 Å². The second-order valence-electron chi connectivity index (χ2n) is 8.46. The van der Waals surface area contributed by atoms with Gasteiger partial charge in [-0.1, -0.05) is 36.4 Å². The maximum atomic E-state index is 11.9. The van der Waals surface area contributed by atoms with Crippen LogP contribution in [0.25, 0.3) is 0 Å². The van der Waals surface area contributed by atoms with E-state index in [4.69, 9.17) is 0 Å². The van der Waals surface area contributed by atoms with Gasteiger partial charge in [0, 0.05) is 49.9 Å². The summed E-state index contributed by atoms with van der Waals surface area (Å²) in [5.41, 5.74) is 1.30. The summed E-state index contributed by atoms with van der Waals surface area (Å²) in [7, 11) is 0. The lowest BCUT2D eigenvalue weighted by Crippen LogP contribution is -2.86. The highest BCUT2D eigenvalue weighted by molar-refractivity contribution is 5.79. The highest BCUT2D eigenvalue weighted by Crippen LogP contribution is 2.16. The molecule has 2 rings (SSSR count). The molecule has 0 heterocycles. The predicted octanol–water partition coefficient (Wildman–Crippen LogP) is -0.197. The average molecular weight is 473 g/mol. The Balaban J connectivity index is 1.33. The fourth-order valence-corrected chi connectivity index (χ4v) is 3.61. The molecule has 0 aromatic heterocycles. The smallest absolute Gasteiger partial charge is 0.224 e. The maximum absolute atomic E-state index is 11.9. The molecular formula is C26H40N4O4+2. The molecule has 0 saturated heterocycles. The number of hydrogen-bond donors (Lipinski definition) is 6. The van der Waals surface area contributed by atoms with Crippen LogP contribution in [0.15, 0.2) is 48.5 Å². The number of phenolic OH excluding ortho intramolecular Hbond substituents is 2. The first-order chi connectivity index (χ1) is 16.6. The van der Waals surface area contributed by atoms with Crippen LogP contribution in [0.5, 0.6) is 11.5 Å². The molecule has 0 unspecified atom stereocenters. The Bertz CT molecular complexity index is 804. The third-order valence-electron chi connectivity index (χ3n) is 5.57. The Labute approximate surface area is 202 Å². The molecule has 2 aromatic carbocycles. The van der Waals surface area contributed by atoms with Crippen molar-refractivity contribution in [1.82, 2.24) is 10.6 Å². The Hall–Kier alpha value is -3.10. The van der Waals surface area contributed by atoms with Gasteiger partial charge in [-0.25, -0.2) is 0 Å². The minimum Gasteiger partial charge on any atom is -0.508 e. The Morgan fingerprint density at radius 3 is 1.41 bits per heavy atom. The molecule has 0 spiro atoms. The molecule has 186 valence electrons. The van der Waals surface area contributed by atoms with Crippen LogP contribution in [-0.4, -0.2) is 61.3 Å². The summed E-state index contributed by atoms with van der Waals surface area (Å²) < 4.78 is 0. The van der Waals surface area contributed by atoms with Crippen LogP contribution in [0.4, 0.5) is 0 Å². The molecule has 0 aliphatic heterocycles. The highest BCUT2D eigenvalue weighted by Gasteiger charge is 2.07. The molecule has 8 heteroatoms. The lowest BCUT2D eigenvalue weighted by atomic mass is 10.1. The number of rotatable bonds is 17. The first kappa shape index (κ1) is 27.1. The summed E-state index contributed by atoms with van der Waals surface area (Å²) in [6, 6.07) is 13.8. The summed E-state index contributed by atoms with van der Waals surface area (Å²) >= 11 is 0. The second-order valence-corrected chi connectivity index (χ2v) is 8.46. The molecule has 8 N–H and O–H groups in total. The van der Waals surface area contributed by atoms with Gasteiger partial charge in [0.25, 0.3) is 0 Å². The van der Waals surface area contributed by atoms with Crippen molar-refractivity contribution in [2.45, 2.75) is 38.5 Å². The van der Waals surface area contributed by atoms with Crippen molar-refractivity contribution in [3.63, 3.8) is 0 Å². The number of amides is 2. The molecular weight excluding hydrogens is 432 g/mol. The number of phenols is 2. The first-order valence-corrected chi connectivity index (χ1v) is 12.3. The zero-order chi connectivity index (χ0) is 24.4. The minimum absolute atomic E-state index is 0.0629. The van der Waals surface area contributed by atoms with E-state index >= 15 is 0 Å². The van der Waals surface area contributed by atoms with E-state index in [0.717, 1.165) is 51.9 Å². The molecule has 0 aliphatic carbocycles. The fourth-order valence-electron chi connectivity index (χ4n) is 3.61. The van der Waals surface area contributed by atoms with E-state index in [1.165, 1.54) is 0 Å². The number of benzene rings is 2. The van der Waals surface area contributed by atoms with E-state index in [-0.39, 0.29) is 36.2 Å². The fraction of sp³-hybridized carbons (Fsp3) is 0.462. The lowest BCUT2D eigenvalue weighted by molar-refractivity contribution is -0.664. The minimum atomic E-state index is -0.0629. The van der Waals surface area contributed by atoms with Gasteiger partial charge in [-0.05, 0) is 12.1 Å². The van der Waals surface area contributed by atoms with Gasteiger partial charge in [0.05, 0.1) is 39.0 Å². The van der Waals surface area contributed by atoms with Crippen LogP contribution < -0.4 is 21.3 Å². The van der Waals surface area contributed by atoms with Crippen LogP contribution in [0.2, 0.25) is 0 Å². The van der Waals surface area contributed by atoms with E-state index in [1.807, 2.05) is 12.1 Å². The molecule has 2 aromatic rings. The van der Waals surface area contributed by atoms with Crippen molar-refractivity contribution in [1.29, 1.82) is 0 Å². The first-order valence-electron chi connectivity index (χ1n) is 12.3. The number of aromatic hydroxyl groups is 2. The molecule has 34 heavy (non-hydrogen) atoms. The van der Waals surface area contributed by atoms with Crippen LogP contribution in [0.1, 0.15) is 36.8 Å². The summed E-state index contributed by atoms with van der Waals surface area (Å²) in [6.45, 7) is 5.45. The third-order valence-corrected chi connectivity index (χ3v) is 5.57. The SMILES string of the molecule is O=C(Cc1ccccc1O)NCCC[NH2+]CCCC[NH2+]CCCNC(=O)Cc1ccccc1O. The van der Waals surface area contributed by atoms with Crippen molar-refractivity contribution < 1.29 is 30.4 Å². The van der Waals surface area contributed by atoms with Crippen LogP contribution in [-0.2, 0) is 22.4 Å². The number of nitrogens with one attached hydrogen (secondary N) is 2. The topological polar surface area (TPSA) is 132 Å². The van der Waals surface area contributed by atoms with Gasteiger partial charge in [-0.2, -0.15) is 0 Å². The van der Waals surface area contributed by atoms with E-state index in [2.05, 4.69) is 21.3 Å². The maximum Gasteiger partial charge on any atom is 0.224 e. The van der Waals surface area contributed by atoms with Gasteiger partial charge in [-0.3, -0.25) is 9.59 Å². The van der Waals surface area contributed by atoms with E-state index in [0.29, 0.717) is 24.2 Å². The summed E-state index contributed by atoms with van der Waals surface area (Å²) in [5.74, 6) is 0.200. The normalized spacial score (nSPS) is 10.7. The second kappa shape index (κ2) is 16.5. The highest BCUT2D eigenvalue weighted by atomic mass is 16.3. The molecule has 8 nitrogen and oxygen atoms in total. The number of quaternary nitrogens is 2. The van der Waals surface area contributed by atoms with Gasteiger partial charge < -0.3 is 31.5 Å². The van der Waals surface area contributed by atoms with Crippen LogP contribution in [0.3, 0.4) is 0 Å². The van der Waals surface area contributed by atoms with Crippen molar-refractivity contribution in [3.8, 4) is 11.5 Å². The van der Waals surface area contributed by atoms with Crippen molar-refractivity contribution in [2.75, 3.05) is 39.3 Å². The molecule has 0 atom stereocenters. The standard InChI is InChI=1S/C26H38N4O4/c31-23-11-3-1-9-21(23)19-25(33)29-17-7-15-27-13-5-6-14-28-16-8-18-30-26(34)20-22-10-2-4-12-24(22)32/h1-4,9-12,27-28,31-32H,5-8,13-20H2,(H,29,33)(H,30,34)/p+2. The van der Waals surface area contributed by atoms with E-state index < -0.39 is 0 Å². The van der Waals surface area contributed by atoms with Crippen molar-refractivity contribution >= 4 is 11.8 Å². The summed E-state index contributed by atoms with van der Waals surface area (Å²) in [6.07, 6.45) is 4.58. The number of carbonyl (C=O) groups is 2. The zero-order valence-electron chi connectivity index (χ0n) is 20.0. The predicted molar refractivity (Wildman–Crippen MR) is 131 cm³/mol. The number of para-hydroxylation sites is 2. The lowest BCUT2D eigenvalue weighted by Gasteiger charge is -2.07. The van der Waals surface area contributed by atoms with E-state index in [1.54, 1.807) is 36.4 Å². The van der Waals surface area contributed by atoms with Gasteiger partial charge in [0.15, 0.2) is 0 Å².